The lowest BCUT2D eigenvalue weighted by molar-refractivity contribution is -0.151. The largest absolute Gasteiger partial charge is 0.481 e. The molecular weight excluding hydrogens is 404 g/mol. The quantitative estimate of drug-likeness (QED) is 0.563. The van der Waals surface area contributed by atoms with Crippen molar-refractivity contribution in [2.45, 2.75) is 75.1 Å². The molecule has 0 aromatic rings. The summed E-state index contributed by atoms with van der Waals surface area (Å²) in [5.74, 6) is -3.11. The van der Waals surface area contributed by atoms with Crippen molar-refractivity contribution in [3.63, 3.8) is 0 Å². The van der Waals surface area contributed by atoms with Crippen molar-refractivity contribution in [2.24, 2.45) is 17.8 Å². The van der Waals surface area contributed by atoms with Crippen LogP contribution < -0.4 is 0 Å². The molecule has 3 saturated heterocycles. The Balaban J connectivity index is 2.17. The van der Waals surface area contributed by atoms with E-state index in [1.54, 1.807) is 15.9 Å². The number of aliphatic hydroxyl groups is 1. The molecule has 30 heavy (non-hydrogen) atoms. The van der Waals surface area contributed by atoms with Gasteiger partial charge in [0.1, 0.15) is 6.04 Å². The number of hydrogen-bond donors (Lipinski definition) is 2. The van der Waals surface area contributed by atoms with E-state index in [1.165, 1.54) is 11.8 Å². The van der Waals surface area contributed by atoms with Crippen LogP contribution in [0.1, 0.15) is 47.5 Å². The minimum atomic E-state index is -0.977. The van der Waals surface area contributed by atoms with Crippen LogP contribution in [0.25, 0.3) is 0 Å². The zero-order valence-corrected chi connectivity index (χ0v) is 19.3. The summed E-state index contributed by atoms with van der Waals surface area (Å²) in [6.07, 6.45) is 2.95. The van der Waals surface area contributed by atoms with E-state index in [0.717, 1.165) is 0 Å². The average molecular weight is 439 g/mol. The number of thioether (sulfide) groups is 1. The lowest BCUT2D eigenvalue weighted by atomic mass is 9.66. The number of carbonyl (C=O) groups excluding carboxylic acids is 2. The highest BCUT2D eigenvalue weighted by Gasteiger charge is 2.78. The maximum atomic E-state index is 13.9. The molecule has 2 N–H and O–H groups in total. The first-order chi connectivity index (χ1) is 14.0. The van der Waals surface area contributed by atoms with Gasteiger partial charge in [-0.2, -0.15) is 0 Å². The van der Waals surface area contributed by atoms with Crippen LogP contribution in [0.4, 0.5) is 0 Å². The van der Waals surface area contributed by atoms with Crippen LogP contribution in [0.2, 0.25) is 0 Å². The fraction of sp³-hybridized carbons (Fsp3) is 0.773. The van der Waals surface area contributed by atoms with Crippen LogP contribution in [0.5, 0.6) is 0 Å². The van der Waals surface area contributed by atoms with Gasteiger partial charge in [-0.1, -0.05) is 19.9 Å². The van der Waals surface area contributed by atoms with Crippen LogP contribution >= 0.6 is 11.8 Å². The number of amides is 2. The molecule has 0 aromatic heterocycles. The number of carboxylic acid groups (broad SMARTS) is 1. The molecule has 2 amide bonds. The lowest BCUT2D eigenvalue weighted by Crippen LogP contribution is -2.59. The average Bonchev–Trinajstić information content (AvgIpc) is 3.21. The number of rotatable bonds is 8. The van der Waals surface area contributed by atoms with Crippen molar-refractivity contribution in [2.75, 3.05) is 13.2 Å². The Hall–Kier alpha value is -1.54. The van der Waals surface area contributed by atoms with Gasteiger partial charge in [0.25, 0.3) is 0 Å². The van der Waals surface area contributed by atoms with Gasteiger partial charge in [0, 0.05) is 17.3 Å². The summed E-state index contributed by atoms with van der Waals surface area (Å²) in [5.41, 5.74) is 0. The second-order valence-corrected chi connectivity index (χ2v) is 11.6. The summed E-state index contributed by atoms with van der Waals surface area (Å²) in [4.78, 5) is 43.2. The zero-order valence-electron chi connectivity index (χ0n) is 18.5. The molecule has 168 valence electrons. The van der Waals surface area contributed by atoms with E-state index < -0.39 is 39.4 Å². The molecule has 3 aliphatic heterocycles. The first-order valence-corrected chi connectivity index (χ1v) is 11.6. The first-order valence-electron chi connectivity index (χ1n) is 10.7. The second kappa shape index (κ2) is 7.86. The van der Waals surface area contributed by atoms with Crippen molar-refractivity contribution in [3.05, 3.63) is 12.7 Å². The van der Waals surface area contributed by atoms with Gasteiger partial charge in [0.05, 0.1) is 29.2 Å². The van der Waals surface area contributed by atoms with Gasteiger partial charge in [-0.15, -0.1) is 18.3 Å². The first kappa shape index (κ1) is 23.1. The molecule has 8 heteroatoms. The summed E-state index contributed by atoms with van der Waals surface area (Å²) in [5, 5.41) is 20.1. The number of fused-ring (bicyclic) bond motifs is 1. The van der Waals surface area contributed by atoms with E-state index in [1.807, 2.05) is 34.6 Å². The second-order valence-electron chi connectivity index (χ2n) is 9.68. The Morgan fingerprint density at radius 1 is 1.33 bits per heavy atom. The van der Waals surface area contributed by atoms with Crippen molar-refractivity contribution in [1.82, 2.24) is 9.80 Å². The highest BCUT2D eigenvalue weighted by Crippen LogP contribution is 2.71. The number of likely N-dealkylation sites (tertiary alicyclic amines) is 1. The Bertz CT molecular complexity index is 756. The maximum absolute atomic E-state index is 13.9. The third-order valence-corrected chi connectivity index (χ3v) is 9.25. The third kappa shape index (κ3) is 3.09. The van der Waals surface area contributed by atoms with Gasteiger partial charge in [-0.05, 0) is 39.5 Å². The molecular formula is C22H34N2O5S. The van der Waals surface area contributed by atoms with Gasteiger partial charge < -0.3 is 20.0 Å². The number of hydrogen-bond acceptors (Lipinski definition) is 5. The predicted octanol–water partition coefficient (Wildman–Crippen LogP) is 1.99. The van der Waals surface area contributed by atoms with Crippen LogP contribution in [0, 0.1) is 17.8 Å². The molecule has 0 aliphatic carbocycles. The summed E-state index contributed by atoms with van der Waals surface area (Å²) >= 11 is 1.52. The molecule has 7 nitrogen and oxygen atoms in total. The Labute approximate surface area is 182 Å². The molecule has 3 aliphatic rings. The lowest BCUT2D eigenvalue weighted by Gasteiger charge is -2.41. The molecule has 1 spiro atoms. The molecule has 6 atom stereocenters. The molecule has 0 aromatic carbocycles. The summed E-state index contributed by atoms with van der Waals surface area (Å²) in [6.45, 7) is 13.4. The van der Waals surface area contributed by atoms with E-state index >= 15 is 0 Å². The number of carboxylic acids is 1. The fourth-order valence-corrected chi connectivity index (χ4v) is 8.18. The van der Waals surface area contributed by atoms with Gasteiger partial charge >= 0.3 is 5.97 Å². The monoisotopic (exact) mass is 438 g/mol. The van der Waals surface area contributed by atoms with Crippen LogP contribution in [-0.2, 0) is 14.4 Å². The van der Waals surface area contributed by atoms with Gasteiger partial charge in [0.2, 0.25) is 11.8 Å². The normalized spacial score (nSPS) is 35.8. The fourth-order valence-electron chi connectivity index (χ4n) is 5.85. The molecule has 3 fully saturated rings. The third-order valence-electron chi connectivity index (χ3n) is 7.26. The summed E-state index contributed by atoms with van der Waals surface area (Å²) < 4.78 is -1.34. The van der Waals surface area contributed by atoms with Gasteiger partial charge in [0.15, 0.2) is 0 Å². The van der Waals surface area contributed by atoms with Crippen molar-refractivity contribution >= 4 is 29.5 Å². The van der Waals surface area contributed by atoms with E-state index in [9.17, 15) is 24.6 Å². The van der Waals surface area contributed by atoms with Crippen LogP contribution in [0.3, 0.4) is 0 Å². The van der Waals surface area contributed by atoms with Crippen molar-refractivity contribution < 1.29 is 24.6 Å². The van der Waals surface area contributed by atoms with Crippen LogP contribution in [-0.4, -0.2) is 78.6 Å². The Morgan fingerprint density at radius 2 is 1.97 bits per heavy atom. The van der Waals surface area contributed by atoms with Crippen molar-refractivity contribution in [1.29, 1.82) is 0 Å². The summed E-state index contributed by atoms with van der Waals surface area (Å²) in [6, 6.07) is -1.41. The number of nitrogens with zero attached hydrogens (tertiary/aromatic N) is 2. The Kier molecular flexibility index (Phi) is 6.06. The minimum Gasteiger partial charge on any atom is -0.481 e. The standard InChI is InChI=1S/C22H34N2O5S/c1-7-10-23(13(4)5)19(27)17-22-9-8-21(6,30-22)16(20(28)29)15(22)18(26)24(17)14(11-25)12(2)3/h7,12-17,25H,1,8-11H2,2-6H3,(H,28,29)/t14-,15-,16+,17?,21-,22?/m0/s1. The molecule has 2 bridgehead atoms. The topological polar surface area (TPSA) is 98.2 Å². The SMILES string of the molecule is C=CCN(C(=O)C1N([C@@H](CO)C(C)C)C(=O)[C@@H]2[C@H](C(=O)O)[C@]3(C)CCC12S3)C(C)C. The van der Waals surface area contributed by atoms with E-state index in [0.29, 0.717) is 19.4 Å². The smallest absolute Gasteiger partial charge is 0.308 e. The zero-order chi connectivity index (χ0) is 22.6. The van der Waals surface area contributed by atoms with E-state index in [4.69, 9.17) is 0 Å². The van der Waals surface area contributed by atoms with Gasteiger partial charge in [-0.3, -0.25) is 14.4 Å². The van der Waals surface area contributed by atoms with Gasteiger partial charge in [-0.25, -0.2) is 0 Å². The van der Waals surface area contributed by atoms with E-state index in [-0.39, 0.29) is 30.4 Å². The Morgan fingerprint density at radius 3 is 2.43 bits per heavy atom. The molecule has 0 saturated carbocycles. The van der Waals surface area contributed by atoms with Crippen molar-refractivity contribution in [3.8, 4) is 0 Å². The predicted molar refractivity (Wildman–Crippen MR) is 116 cm³/mol. The van der Waals surface area contributed by atoms with E-state index in [2.05, 4.69) is 6.58 Å². The molecule has 0 radical (unpaired) electrons. The number of carbonyl (C=O) groups is 3. The number of aliphatic carboxylic acids is 1. The molecule has 2 unspecified atom stereocenters. The molecule has 3 rings (SSSR count). The summed E-state index contributed by atoms with van der Waals surface area (Å²) in [7, 11) is 0. The maximum Gasteiger partial charge on any atom is 0.308 e. The highest BCUT2D eigenvalue weighted by atomic mass is 32.2. The molecule has 3 heterocycles. The number of aliphatic hydroxyl groups excluding tert-OH is 1. The minimum absolute atomic E-state index is 0.0718. The van der Waals surface area contributed by atoms with Crippen LogP contribution in [0.15, 0.2) is 12.7 Å². The highest BCUT2D eigenvalue weighted by molar-refractivity contribution is 8.02.